The monoisotopic (exact) mass is 533 g/mol. The number of fused-ring (bicyclic) bond motifs is 1. The van der Waals surface area contributed by atoms with Gasteiger partial charge >= 0.3 is 0 Å². The molecule has 8 nitrogen and oxygen atoms in total. The molecule has 5 rings (SSSR count). The second-order valence-corrected chi connectivity index (χ2v) is 10.5. The highest BCUT2D eigenvalue weighted by atomic mass is 35.5. The zero-order chi connectivity index (χ0) is 27.2. The molecule has 4 aromatic rings. The van der Waals surface area contributed by atoms with E-state index in [9.17, 15) is 4.79 Å². The smallest absolute Gasteiger partial charge is 0.260 e. The minimum absolute atomic E-state index is 0.123. The van der Waals surface area contributed by atoms with Crippen molar-refractivity contribution in [2.45, 2.75) is 58.5 Å². The van der Waals surface area contributed by atoms with Crippen LogP contribution in [0.15, 0.2) is 47.7 Å². The van der Waals surface area contributed by atoms with E-state index in [4.69, 9.17) is 16.6 Å². The lowest BCUT2D eigenvalue weighted by Gasteiger charge is -2.23. The van der Waals surface area contributed by atoms with Crippen LogP contribution >= 0.6 is 11.6 Å². The maximum Gasteiger partial charge on any atom is 0.260 e. The number of benzene rings is 1. The molecule has 0 aliphatic heterocycles. The summed E-state index contributed by atoms with van der Waals surface area (Å²) in [6.45, 7) is 4.34. The predicted octanol–water partition coefficient (Wildman–Crippen LogP) is 5.82. The molecule has 200 valence electrons. The van der Waals surface area contributed by atoms with E-state index in [1.165, 1.54) is 19.3 Å². The van der Waals surface area contributed by atoms with Gasteiger partial charge < -0.3 is 10.2 Å². The fourth-order valence-electron chi connectivity index (χ4n) is 4.64. The number of aromatic nitrogens is 5. The Bertz CT molecular complexity index is 1460. The lowest BCUT2D eigenvalue weighted by Crippen LogP contribution is -2.25. The van der Waals surface area contributed by atoms with E-state index in [-0.39, 0.29) is 5.56 Å². The third-order valence-corrected chi connectivity index (χ3v) is 6.70. The number of nitrogens with one attached hydrogen (secondary N) is 1. The number of pyridine rings is 1. The molecule has 1 fully saturated rings. The van der Waals surface area contributed by atoms with Gasteiger partial charge in [-0.3, -0.25) is 14.3 Å². The van der Waals surface area contributed by atoms with Gasteiger partial charge in [-0.05, 0) is 60.0 Å². The SMILES string of the molecule is CCn1c(=O)c(-c2ccc(-c3cncc(C)n3)cc2Cl)cc2cnc(NC3CCCCC3)nc21.CN(C)C. The largest absolute Gasteiger partial charge is 0.351 e. The standard InChI is InChI=1S/C26H27ClN6O.C3H9N/c1-3-33-24-18(14-29-26(32-24)31-19-7-5-4-6-8-19)11-21(25(33)34)20-10-9-17(12-22(20)27)23-15-28-13-16(2)30-23;1-4(2)3/h9-15,19H,3-8H2,1-2H3,(H,29,31,32);1-3H3. The first kappa shape index (κ1) is 27.7. The van der Waals surface area contributed by atoms with Crippen LogP contribution < -0.4 is 10.9 Å². The average molecular weight is 534 g/mol. The highest BCUT2D eigenvalue weighted by Crippen LogP contribution is 2.31. The summed E-state index contributed by atoms with van der Waals surface area (Å²) in [6.07, 6.45) is 11.2. The maximum atomic E-state index is 13.5. The van der Waals surface area contributed by atoms with Crippen LogP contribution in [0.3, 0.4) is 0 Å². The summed E-state index contributed by atoms with van der Waals surface area (Å²) in [4.78, 5) is 33.4. The summed E-state index contributed by atoms with van der Waals surface area (Å²) in [5.41, 5.74) is 4.13. The van der Waals surface area contributed by atoms with E-state index in [0.717, 1.165) is 35.2 Å². The highest BCUT2D eigenvalue weighted by Gasteiger charge is 2.18. The van der Waals surface area contributed by atoms with E-state index in [1.54, 1.807) is 23.2 Å². The summed E-state index contributed by atoms with van der Waals surface area (Å²) >= 11 is 6.67. The fraction of sp³-hybridized carbons (Fsp3) is 0.414. The van der Waals surface area contributed by atoms with Crippen LogP contribution in [0.5, 0.6) is 0 Å². The minimum Gasteiger partial charge on any atom is -0.351 e. The lowest BCUT2D eigenvalue weighted by atomic mass is 9.96. The zero-order valence-corrected chi connectivity index (χ0v) is 23.6. The first-order chi connectivity index (χ1) is 18.3. The number of halogens is 1. The summed E-state index contributed by atoms with van der Waals surface area (Å²) in [5, 5.41) is 4.74. The van der Waals surface area contributed by atoms with Crippen LogP contribution in [-0.2, 0) is 6.54 Å². The van der Waals surface area contributed by atoms with Crippen LogP contribution in [0.1, 0.15) is 44.7 Å². The molecule has 1 N–H and O–H groups in total. The Morgan fingerprint density at radius 2 is 1.76 bits per heavy atom. The Kier molecular flexibility index (Phi) is 9.07. The van der Waals surface area contributed by atoms with Crippen molar-refractivity contribution in [2.75, 3.05) is 26.5 Å². The van der Waals surface area contributed by atoms with E-state index < -0.39 is 0 Å². The maximum absolute atomic E-state index is 13.5. The van der Waals surface area contributed by atoms with Gasteiger partial charge in [-0.2, -0.15) is 4.98 Å². The first-order valence-electron chi connectivity index (χ1n) is 13.1. The minimum atomic E-state index is -0.123. The summed E-state index contributed by atoms with van der Waals surface area (Å²) in [7, 11) is 6.00. The number of anilines is 1. The molecular formula is C29H36ClN7O. The van der Waals surface area contributed by atoms with Crippen molar-refractivity contribution in [1.82, 2.24) is 29.4 Å². The molecule has 0 atom stereocenters. The third kappa shape index (κ3) is 6.55. The molecule has 9 heteroatoms. The third-order valence-electron chi connectivity index (χ3n) is 6.39. The Labute approximate surface area is 229 Å². The Morgan fingerprint density at radius 1 is 1.03 bits per heavy atom. The van der Waals surface area contributed by atoms with E-state index in [1.807, 2.05) is 64.2 Å². The average Bonchev–Trinajstić information content (AvgIpc) is 2.89. The van der Waals surface area contributed by atoms with Crippen molar-refractivity contribution in [1.29, 1.82) is 0 Å². The summed E-state index contributed by atoms with van der Waals surface area (Å²) in [5.74, 6) is 0.579. The van der Waals surface area contributed by atoms with E-state index in [0.29, 0.717) is 40.3 Å². The molecule has 0 bridgehead atoms. The summed E-state index contributed by atoms with van der Waals surface area (Å²) < 4.78 is 1.69. The van der Waals surface area contributed by atoms with Gasteiger partial charge in [-0.15, -0.1) is 0 Å². The molecule has 1 aliphatic rings. The number of rotatable bonds is 5. The van der Waals surface area contributed by atoms with Crippen LogP contribution in [0.2, 0.25) is 5.02 Å². The number of hydrogen-bond acceptors (Lipinski definition) is 7. The van der Waals surface area contributed by atoms with Gasteiger partial charge in [0.2, 0.25) is 5.95 Å². The normalized spacial score (nSPS) is 13.9. The van der Waals surface area contributed by atoms with Gasteiger partial charge in [-0.25, -0.2) is 9.97 Å². The van der Waals surface area contributed by atoms with Crippen LogP contribution in [0, 0.1) is 6.92 Å². The van der Waals surface area contributed by atoms with Crippen molar-refractivity contribution in [3.05, 3.63) is 63.9 Å². The Hall–Kier alpha value is -3.36. The molecule has 3 heterocycles. The molecule has 1 saturated carbocycles. The second kappa shape index (κ2) is 12.5. The van der Waals surface area contributed by atoms with Crippen LogP contribution in [0.25, 0.3) is 33.4 Å². The first-order valence-corrected chi connectivity index (χ1v) is 13.5. The van der Waals surface area contributed by atoms with Gasteiger partial charge in [0.25, 0.3) is 5.56 Å². The molecule has 38 heavy (non-hydrogen) atoms. The van der Waals surface area contributed by atoms with Gasteiger partial charge in [-0.1, -0.05) is 43.0 Å². The van der Waals surface area contributed by atoms with Crippen molar-refractivity contribution >= 4 is 28.6 Å². The molecule has 0 amide bonds. The van der Waals surface area contributed by atoms with Gasteiger partial charge in [0.05, 0.1) is 17.6 Å². The Balaban J connectivity index is 0.000000786. The van der Waals surface area contributed by atoms with Gasteiger partial charge in [0.1, 0.15) is 5.65 Å². The van der Waals surface area contributed by atoms with Gasteiger partial charge in [0, 0.05) is 52.1 Å². The Morgan fingerprint density at radius 3 is 2.42 bits per heavy atom. The van der Waals surface area contributed by atoms with Crippen molar-refractivity contribution in [3.63, 3.8) is 0 Å². The molecule has 1 aliphatic carbocycles. The van der Waals surface area contributed by atoms with Crippen molar-refractivity contribution < 1.29 is 0 Å². The van der Waals surface area contributed by atoms with Gasteiger partial charge in [0.15, 0.2) is 0 Å². The van der Waals surface area contributed by atoms with Crippen LogP contribution in [0.4, 0.5) is 5.95 Å². The number of nitrogens with zero attached hydrogens (tertiary/aromatic N) is 6. The number of aryl methyl sites for hydroxylation is 2. The topological polar surface area (TPSA) is 88.8 Å². The molecule has 0 spiro atoms. The highest BCUT2D eigenvalue weighted by molar-refractivity contribution is 6.33. The quantitative estimate of drug-likeness (QED) is 0.345. The molecular weight excluding hydrogens is 498 g/mol. The molecule has 0 saturated heterocycles. The molecule has 0 unspecified atom stereocenters. The number of hydrogen-bond donors (Lipinski definition) is 1. The lowest BCUT2D eigenvalue weighted by molar-refractivity contribution is 0.461. The predicted molar refractivity (Wildman–Crippen MR) is 156 cm³/mol. The van der Waals surface area contributed by atoms with E-state index in [2.05, 4.69) is 20.3 Å². The van der Waals surface area contributed by atoms with Crippen molar-refractivity contribution in [2.24, 2.45) is 0 Å². The fourth-order valence-corrected chi connectivity index (χ4v) is 4.92. The van der Waals surface area contributed by atoms with Crippen LogP contribution in [-0.4, -0.2) is 56.6 Å². The molecule has 0 radical (unpaired) electrons. The molecule has 1 aromatic carbocycles. The summed E-state index contributed by atoms with van der Waals surface area (Å²) in [6, 6.07) is 7.83. The van der Waals surface area contributed by atoms with Crippen molar-refractivity contribution in [3.8, 4) is 22.4 Å². The molecule has 3 aromatic heterocycles. The second-order valence-electron chi connectivity index (χ2n) is 10.1. The van der Waals surface area contributed by atoms with E-state index >= 15 is 0 Å². The zero-order valence-electron chi connectivity index (χ0n) is 22.8.